The molecule has 0 aromatic carbocycles. The zero-order valence-electron chi connectivity index (χ0n) is 10.2. The lowest BCUT2D eigenvalue weighted by atomic mass is 10.2. The molecule has 1 aliphatic heterocycles. The maximum Gasteiger partial charge on any atom is 0.263 e. The molecular formula is C13H14N2OS2. The van der Waals surface area contributed by atoms with Crippen molar-refractivity contribution in [3.05, 3.63) is 20.8 Å². The van der Waals surface area contributed by atoms with Gasteiger partial charge >= 0.3 is 0 Å². The van der Waals surface area contributed by atoms with Crippen molar-refractivity contribution in [3.63, 3.8) is 0 Å². The Bertz CT molecular complexity index is 701. The van der Waals surface area contributed by atoms with Gasteiger partial charge in [-0.15, -0.1) is 11.3 Å². The molecule has 0 spiro atoms. The molecule has 2 aromatic heterocycles. The molecule has 5 heteroatoms. The van der Waals surface area contributed by atoms with E-state index in [1.54, 1.807) is 23.1 Å². The zero-order valence-corrected chi connectivity index (χ0v) is 11.9. The molecule has 1 aliphatic carbocycles. The van der Waals surface area contributed by atoms with Crippen LogP contribution in [0.15, 0.2) is 9.95 Å². The molecule has 0 saturated heterocycles. The van der Waals surface area contributed by atoms with E-state index in [2.05, 4.69) is 6.92 Å². The fourth-order valence-electron chi connectivity index (χ4n) is 2.98. The molecule has 3 heterocycles. The third-order valence-corrected chi connectivity index (χ3v) is 6.12. The van der Waals surface area contributed by atoms with Crippen LogP contribution in [0.4, 0.5) is 0 Å². The van der Waals surface area contributed by atoms with Crippen molar-refractivity contribution >= 4 is 33.3 Å². The summed E-state index contributed by atoms with van der Waals surface area (Å²) < 4.78 is 1.92. The Balaban J connectivity index is 2.11. The van der Waals surface area contributed by atoms with Gasteiger partial charge in [-0.3, -0.25) is 9.36 Å². The Morgan fingerprint density at radius 1 is 1.39 bits per heavy atom. The van der Waals surface area contributed by atoms with Crippen LogP contribution in [0.1, 0.15) is 36.2 Å². The molecule has 0 saturated carbocycles. The smallest absolute Gasteiger partial charge is 0.263 e. The van der Waals surface area contributed by atoms with Crippen molar-refractivity contribution in [2.24, 2.45) is 0 Å². The third kappa shape index (κ3) is 1.37. The predicted octanol–water partition coefficient (Wildman–Crippen LogP) is 3.00. The van der Waals surface area contributed by atoms with Crippen LogP contribution >= 0.6 is 23.1 Å². The maximum absolute atomic E-state index is 12.7. The molecule has 0 amide bonds. The summed E-state index contributed by atoms with van der Waals surface area (Å²) in [5.74, 6) is 1.07. The number of aryl methyl sites for hydroxylation is 2. The van der Waals surface area contributed by atoms with Gasteiger partial charge in [-0.05, 0) is 38.2 Å². The fraction of sp³-hybridized carbons (Fsp3) is 0.538. The van der Waals surface area contributed by atoms with Crippen molar-refractivity contribution in [1.82, 2.24) is 9.55 Å². The molecule has 0 fully saturated rings. The van der Waals surface area contributed by atoms with Crippen molar-refractivity contribution in [2.45, 2.75) is 43.8 Å². The maximum atomic E-state index is 12.7. The normalized spacial score (nSPS) is 22.2. The SMILES string of the molecule is C[C@H]1CCSc2nc3sc4c(c3c(=O)n21)CCC4. The van der Waals surface area contributed by atoms with E-state index in [1.165, 1.54) is 16.9 Å². The second-order valence-electron chi connectivity index (χ2n) is 5.09. The second-order valence-corrected chi connectivity index (χ2v) is 7.24. The minimum absolute atomic E-state index is 0.203. The van der Waals surface area contributed by atoms with E-state index in [-0.39, 0.29) is 5.56 Å². The average Bonchev–Trinajstić information content (AvgIpc) is 2.88. The van der Waals surface area contributed by atoms with Crippen molar-refractivity contribution in [1.29, 1.82) is 0 Å². The van der Waals surface area contributed by atoms with E-state index in [0.29, 0.717) is 6.04 Å². The molecule has 18 heavy (non-hydrogen) atoms. The quantitative estimate of drug-likeness (QED) is 0.695. The van der Waals surface area contributed by atoms with Gasteiger partial charge in [-0.2, -0.15) is 0 Å². The van der Waals surface area contributed by atoms with Crippen molar-refractivity contribution in [2.75, 3.05) is 5.75 Å². The number of hydrogen-bond acceptors (Lipinski definition) is 4. The van der Waals surface area contributed by atoms with E-state index in [0.717, 1.165) is 40.4 Å². The molecule has 94 valence electrons. The number of hydrogen-bond donors (Lipinski definition) is 0. The van der Waals surface area contributed by atoms with E-state index in [4.69, 9.17) is 4.98 Å². The second kappa shape index (κ2) is 3.84. The van der Waals surface area contributed by atoms with E-state index in [9.17, 15) is 4.79 Å². The first-order valence-electron chi connectivity index (χ1n) is 6.45. The highest BCUT2D eigenvalue weighted by Crippen LogP contribution is 2.37. The summed E-state index contributed by atoms with van der Waals surface area (Å²) in [6.07, 6.45) is 4.46. The molecule has 0 bridgehead atoms. The van der Waals surface area contributed by atoms with Crippen LogP contribution in [0.5, 0.6) is 0 Å². The molecule has 3 nitrogen and oxygen atoms in total. The molecule has 2 aliphatic rings. The summed E-state index contributed by atoms with van der Waals surface area (Å²) in [7, 11) is 0. The molecule has 0 unspecified atom stereocenters. The van der Waals surface area contributed by atoms with Gasteiger partial charge in [0.25, 0.3) is 5.56 Å². The van der Waals surface area contributed by atoms with Crippen molar-refractivity contribution in [3.8, 4) is 0 Å². The van der Waals surface area contributed by atoms with Gasteiger partial charge in [0.15, 0.2) is 5.16 Å². The first kappa shape index (κ1) is 11.1. The average molecular weight is 278 g/mol. The number of thioether (sulfide) groups is 1. The summed E-state index contributed by atoms with van der Waals surface area (Å²) in [4.78, 5) is 19.8. The fourth-order valence-corrected chi connectivity index (χ4v) is 5.49. The predicted molar refractivity (Wildman–Crippen MR) is 76.0 cm³/mol. The highest BCUT2D eigenvalue weighted by molar-refractivity contribution is 7.99. The van der Waals surface area contributed by atoms with Crippen LogP contribution in [0, 0.1) is 0 Å². The van der Waals surface area contributed by atoms with E-state index >= 15 is 0 Å². The third-order valence-electron chi connectivity index (χ3n) is 3.95. The van der Waals surface area contributed by atoms with Crippen LogP contribution in [0.25, 0.3) is 10.2 Å². The molecule has 4 rings (SSSR count). The monoisotopic (exact) mass is 278 g/mol. The van der Waals surface area contributed by atoms with Crippen LogP contribution in [-0.4, -0.2) is 15.3 Å². The van der Waals surface area contributed by atoms with Gasteiger partial charge in [0, 0.05) is 16.7 Å². The Morgan fingerprint density at radius 2 is 2.28 bits per heavy atom. The zero-order chi connectivity index (χ0) is 12.3. The molecule has 0 radical (unpaired) electrons. The molecular weight excluding hydrogens is 264 g/mol. The van der Waals surface area contributed by atoms with Gasteiger partial charge in [0.2, 0.25) is 0 Å². The summed E-state index contributed by atoms with van der Waals surface area (Å²) in [5, 5.41) is 1.84. The highest BCUT2D eigenvalue weighted by atomic mass is 32.2. The van der Waals surface area contributed by atoms with Gasteiger partial charge in [0.1, 0.15) is 4.83 Å². The van der Waals surface area contributed by atoms with E-state index in [1.807, 2.05) is 4.57 Å². The first-order chi connectivity index (χ1) is 8.75. The minimum atomic E-state index is 0.203. The van der Waals surface area contributed by atoms with Crippen LogP contribution in [-0.2, 0) is 12.8 Å². The number of rotatable bonds is 0. The van der Waals surface area contributed by atoms with Crippen molar-refractivity contribution < 1.29 is 0 Å². The Kier molecular flexibility index (Phi) is 2.36. The van der Waals surface area contributed by atoms with Gasteiger partial charge < -0.3 is 0 Å². The van der Waals surface area contributed by atoms with Gasteiger partial charge in [-0.25, -0.2) is 4.98 Å². The molecule has 2 aromatic rings. The topological polar surface area (TPSA) is 34.9 Å². The lowest BCUT2D eigenvalue weighted by Gasteiger charge is -2.23. The summed E-state index contributed by atoms with van der Waals surface area (Å²) >= 11 is 3.46. The minimum Gasteiger partial charge on any atom is -0.284 e. The Labute approximate surface area is 113 Å². The number of thiophene rings is 1. The van der Waals surface area contributed by atoms with Crippen LogP contribution in [0.3, 0.4) is 0 Å². The highest BCUT2D eigenvalue weighted by Gasteiger charge is 2.26. The van der Waals surface area contributed by atoms with Gasteiger partial charge in [-0.1, -0.05) is 11.8 Å². The Hall–Kier alpha value is -0.810. The Morgan fingerprint density at radius 3 is 3.17 bits per heavy atom. The number of nitrogens with zero attached hydrogens (tertiary/aromatic N) is 2. The molecule has 1 atom stereocenters. The number of fused-ring (bicyclic) bond motifs is 4. The largest absolute Gasteiger partial charge is 0.284 e. The molecule has 0 N–H and O–H groups in total. The lowest BCUT2D eigenvalue weighted by molar-refractivity contribution is 0.458. The standard InChI is InChI=1S/C13H14N2OS2/c1-7-5-6-17-13-14-11-10(12(16)15(7)13)8-3-2-4-9(8)18-11/h7H,2-6H2,1H3/t7-/m0/s1. The van der Waals surface area contributed by atoms with E-state index < -0.39 is 0 Å². The van der Waals surface area contributed by atoms with Crippen LogP contribution < -0.4 is 5.56 Å². The van der Waals surface area contributed by atoms with Crippen LogP contribution in [0.2, 0.25) is 0 Å². The first-order valence-corrected chi connectivity index (χ1v) is 8.25. The van der Waals surface area contributed by atoms with Gasteiger partial charge in [0.05, 0.1) is 5.39 Å². The number of aromatic nitrogens is 2. The summed E-state index contributed by atoms with van der Waals surface area (Å²) in [6.45, 7) is 2.13. The lowest BCUT2D eigenvalue weighted by Crippen LogP contribution is -2.29. The summed E-state index contributed by atoms with van der Waals surface area (Å²) in [5.41, 5.74) is 1.50. The summed E-state index contributed by atoms with van der Waals surface area (Å²) in [6, 6.07) is 0.294.